The Bertz CT molecular complexity index is 304. The second-order valence-electron chi connectivity index (χ2n) is 6.12. The standard InChI is InChI=1S/C13H24N2O3/c1-13(2,3)10(8-11(16)17)15-12(18)14-9-6-4-5-7-9/h9-10H,4-8H2,1-3H3,(H,16,17)(H2,14,15,18). The highest BCUT2D eigenvalue weighted by Crippen LogP contribution is 2.22. The quantitative estimate of drug-likeness (QED) is 0.721. The first-order chi connectivity index (χ1) is 8.29. The van der Waals surface area contributed by atoms with Gasteiger partial charge in [-0.25, -0.2) is 4.79 Å². The molecule has 18 heavy (non-hydrogen) atoms. The van der Waals surface area contributed by atoms with Crippen LogP contribution in [0.5, 0.6) is 0 Å². The molecule has 0 bridgehead atoms. The maximum atomic E-state index is 11.8. The third-order valence-electron chi connectivity index (χ3n) is 3.42. The van der Waals surface area contributed by atoms with Crippen molar-refractivity contribution in [3.63, 3.8) is 0 Å². The van der Waals surface area contributed by atoms with Gasteiger partial charge in [-0.15, -0.1) is 0 Å². The molecule has 0 saturated heterocycles. The van der Waals surface area contributed by atoms with E-state index >= 15 is 0 Å². The van der Waals surface area contributed by atoms with E-state index < -0.39 is 5.97 Å². The van der Waals surface area contributed by atoms with E-state index in [1.165, 1.54) is 0 Å². The molecule has 1 atom stereocenters. The predicted octanol–water partition coefficient (Wildman–Crippen LogP) is 2.12. The normalized spacial score (nSPS) is 18.4. The molecule has 0 aromatic heterocycles. The molecular weight excluding hydrogens is 232 g/mol. The first kappa shape index (κ1) is 14.8. The third kappa shape index (κ3) is 4.94. The first-order valence-electron chi connectivity index (χ1n) is 6.58. The molecule has 1 aliphatic rings. The van der Waals surface area contributed by atoms with Crippen molar-refractivity contribution in [1.29, 1.82) is 0 Å². The molecule has 3 N–H and O–H groups in total. The number of rotatable bonds is 4. The van der Waals surface area contributed by atoms with Gasteiger partial charge in [-0.2, -0.15) is 0 Å². The Morgan fingerprint density at radius 2 is 1.83 bits per heavy atom. The number of urea groups is 1. The van der Waals surface area contributed by atoms with E-state index in [1.807, 2.05) is 20.8 Å². The molecule has 0 radical (unpaired) electrons. The number of carboxylic acid groups (broad SMARTS) is 1. The van der Waals surface area contributed by atoms with Gasteiger partial charge in [-0.3, -0.25) is 4.79 Å². The largest absolute Gasteiger partial charge is 0.481 e. The Kier molecular flexibility index (Phi) is 4.99. The van der Waals surface area contributed by atoms with E-state index in [-0.39, 0.29) is 30.0 Å². The minimum absolute atomic E-state index is 0.0540. The second kappa shape index (κ2) is 6.07. The summed E-state index contributed by atoms with van der Waals surface area (Å²) in [5.41, 5.74) is -0.272. The zero-order valence-corrected chi connectivity index (χ0v) is 11.5. The predicted molar refractivity (Wildman–Crippen MR) is 69.4 cm³/mol. The van der Waals surface area contributed by atoms with Crippen molar-refractivity contribution < 1.29 is 14.7 Å². The van der Waals surface area contributed by atoms with Gasteiger partial charge in [-0.1, -0.05) is 33.6 Å². The molecule has 1 unspecified atom stereocenters. The fraction of sp³-hybridized carbons (Fsp3) is 0.846. The van der Waals surface area contributed by atoms with Crippen LogP contribution in [-0.2, 0) is 4.79 Å². The van der Waals surface area contributed by atoms with Gasteiger partial charge >= 0.3 is 12.0 Å². The zero-order chi connectivity index (χ0) is 13.8. The summed E-state index contributed by atoms with van der Waals surface area (Å²) >= 11 is 0. The Morgan fingerprint density at radius 3 is 2.28 bits per heavy atom. The zero-order valence-electron chi connectivity index (χ0n) is 11.5. The van der Waals surface area contributed by atoms with E-state index in [0.29, 0.717) is 0 Å². The molecule has 0 aromatic carbocycles. The van der Waals surface area contributed by atoms with Gasteiger partial charge in [0.2, 0.25) is 0 Å². The molecule has 0 aliphatic heterocycles. The number of carbonyl (C=O) groups excluding carboxylic acids is 1. The van der Waals surface area contributed by atoms with Crippen molar-refractivity contribution in [2.75, 3.05) is 0 Å². The number of amides is 2. The smallest absolute Gasteiger partial charge is 0.315 e. The number of carbonyl (C=O) groups is 2. The van der Waals surface area contributed by atoms with Crippen LogP contribution in [0.2, 0.25) is 0 Å². The van der Waals surface area contributed by atoms with Crippen LogP contribution < -0.4 is 10.6 Å². The van der Waals surface area contributed by atoms with E-state index in [4.69, 9.17) is 5.11 Å². The van der Waals surface area contributed by atoms with Crippen molar-refractivity contribution in [2.24, 2.45) is 5.41 Å². The molecule has 0 aromatic rings. The molecule has 0 heterocycles. The molecule has 5 nitrogen and oxygen atoms in total. The van der Waals surface area contributed by atoms with Crippen molar-refractivity contribution in [1.82, 2.24) is 10.6 Å². The maximum absolute atomic E-state index is 11.8. The summed E-state index contributed by atoms with van der Waals surface area (Å²) in [5, 5.41) is 14.6. The molecule has 104 valence electrons. The molecule has 5 heteroatoms. The lowest BCUT2D eigenvalue weighted by molar-refractivity contribution is -0.138. The van der Waals surface area contributed by atoms with Crippen LogP contribution in [0.4, 0.5) is 4.79 Å². The summed E-state index contributed by atoms with van der Waals surface area (Å²) in [6, 6.07) is -0.366. The molecular formula is C13H24N2O3. The van der Waals surface area contributed by atoms with Gasteiger partial charge in [0.15, 0.2) is 0 Å². The van der Waals surface area contributed by atoms with Gasteiger partial charge in [0.1, 0.15) is 0 Å². The second-order valence-corrected chi connectivity index (χ2v) is 6.12. The lowest BCUT2D eigenvalue weighted by atomic mass is 9.85. The number of nitrogens with one attached hydrogen (secondary N) is 2. The highest BCUT2D eigenvalue weighted by Gasteiger charge is 2.29. The van der Waals surface area contributed by atoms with Crippen LogP contribution in [-0.4, -0.2) is 29.2 Å². The monoisotopic (exact) mass is 256 g/mol. The fourth-order valence-corrected chi connectivity index (χ4v) is 2.20. The van der Waals surface area contributed by atoms with Gasteiger partial charge in [-0.05, 0) is 18.3 Å². The Morgan fingerprint density at radius 1 is 1.28 bits per heavy atom. The van der Waals surface area contributed by atoms with Crippen molar-refractivity contribution >= 4 is 12.0 Å². The highest BCUT2D eigenvalue weighted by atomic mass is 16.4. The van der Waals surface area contributed by atoms with Gasteiger partial charge in [0.25, 0.3) is 0 Å². The number of aliphatic carboxylic acids is 1. The van der Waals surface area contributed by atoms with E-state index in [9.17, 15) is 9.59 Å². The third-order valence-corrected chi connectivity index (χ3v) is 3.42. The lowest BCUT2D eigenvalue weighted by Gasteiger charge is -2.30. The van der Waals surface area contributed by atoms with Crippen LogP contribution in [0.15, 0.2) is 0 Å². The van der Waals surface area contributed by atoms with Gasteiger partial charge in [0, 0.05) is 12.1 Å². The molecule has 1 rings (SSSR count). The summed E-state index contributed by atoms with van der Waals surface area (Å²) in [6.07, 6.45) is 4.30. The van der Waals surface area contributed by atoms with Gasteiger partial charge < -0.3 is 15.7 Å². The number of hydrogen-bond acceptors (Lipinski definition) is 2. The average Bonchev–Trinajstić information content (AvgIpc) is 2.67. The summed E-state index contributed by atoms with van der Waals surface area (Å²) in [6.45, 7) is 5.78. The summed E-state index contributed by atoms with van der Waals surface area (Å²) < 4.78 is 0. The van der Waals surface area contributed by atoms with E-state index in [1.54, 1.807) is 0 Å². The SMILES string of the molecule is CC(C)(C)C(CC(=O)O)NC(=O)NC1CCCC1. The highest BCUT2D eigenvalue weighted by molar-refractivity contribution is 5.76. The Balaban J connectivity index is 2.48. The van der Waals surface area contributed by atoms with Crippen molar-refractivity contribution in [3.05, 3.63) is 0 Å². The molecule has 2 amide bonds. The summed E-state index contributed by atoms with van der Waals surface area (Å²) in [4.78, 5) is 22.6. The minimum atomic E-state index is -0.893. The van der Waals surface area contributed by atoms with Crippen LogP contribution in [0.1, 0.15) is 52.9 Å². The maximum Gasteiger partial charge on any atom is 0.315 e. The van der Waals surface area contributed by atoms with Gasteiger partial charge in [0.05, 0.1) is 6.42 Å². The minimum Gasteiger partial charge on any atom is -0.481 e. The topological polar surface area (TPSA) is 78.4 Å². The van der Waals surface area contributed by atoms with E-state index in [0.717, 1.165) is 25.7 Å². The summed E-state index contributed by atoms with van der Waals surface area (Å²) in [5.74, 6) is -0.893. The molecule has 1 saturated carbocycles. The molecule has 0 spiro atoms. The average molecular weight is 256 g/mol. The Labute approximate surface area is 108 Å². The lowest BCUT2D eigenvalue weighted by Crippen LogP contribution is -2.50. The molecule has 1 fully saturated rings. The van der Waals surface area contributed by atoms with E-state index in [2.05, 4.69) is 10.6 Å². The molecule has 1 aliphatic carbocycles. The first-order valence-corrected chi connectivity index (χ1v) is 6.58. The van der Waals surface area contributed by atoms with Crippen molar-refractivity contribution in [3.8, 4) is 0 Å². The van der Waals surface area contributed by atoms with Crippen LogP contribution in [0.25, 0.3) is 0 Å². The van der Waals surface area contributed by atoms with Crippen LogP contribution >= 0.6 is 0 Å². The van der Waals surface area contributed by atoms with Crippen LogP contribution in [0, 0.1) is 5.41 Å². The number of hydrogen-bond donors (Lipinski definition) is 3. The Hall–Kier alpha value is -1.26. The fourth-order valence-electron chi connectivity index (χ4n) is 2.20. The van der Waals surface area contributed by atoms with Crippen molar-refractivity contribution in [2.45, 2.75) is 65.0 Å². The van der Waals surface area contributed by atoms with Crippen LogP contribution in [0.3, 0.4) is 0 Å². The summed E-state index contributed by atoms with van der Waals surface area (Å²) in [7, 11) is 0. The number of carboxylic acids is 1.